The Balaban J connectivity index is 2.14. The molecule has 2 rings (SSSR count). The van der Waals surface area contributed by atoms with Crippen LogP contribution in [0.15, 0.2) is 24.3 Å². The zero-order valence-electron chi connectivity index (χ0n) is 11.9. The molecule has 1 unspecified atom stereocenters. The van der Waals surface area contributed by atoms with Crippen molar-refractivity contribution >= 4 is 23.6 Å². The summed E-state index contributed by atoms with van der Waals surface area (Å²) in [5, 5.41) is 2.81. The number of piperazine rings is 1. The third-order valence-corrected chi connectivity index (χ3v) is 4.11. The highest BCUT2D eigenvalue weighted by molar-refractivity contribution is 7.97. The van der Waals surface area contributed by atoms with Gasteiger partial charge in [0, 0.05) is 24.4 Å². The van der Waals surface area contributed by atoms with Crippen LogP contribution >= 0.6 is 11.8 Å². The van der Waals surface area contributed by atoms with E-state index in [4.69, 9.17) is 0 Å². The number of carbonyl (C=O) groups excluding carboxylic acids is 2. The Bertz CT molecular complexity index is 487. The van der Waals surface area contributed by atoms with E-state index in [1.807, 2.05) is 31.2 Å². The maximum absolute atomic E-state index is 12.5. The van der Waals surface area contributed by atoms with E-state index in [1.165, 1.54) is 5.56 Å². The van der Waals surface area contributed by atoms with E-state index < -0.39 is 0 Å². The Morgan fingerprint density at radius 3 is 2.70 bits per heavy atom. The topological polar surface area (TPSA) is 49.4 Å². The first-order valence-electron chi connectivity index (χ1n) is 6.84. The van der Waals surface area contributed by atoms with Gasteiger partial charge in [-0.3, -0.25) is 9.59 Å². The lowest BCUT2D eigenvalue weighted by Crippen LogP contribution is -2.56. The number of nitrogens with zero attached hydrogens (tertiary/aromatic N) is 1. The predicted molar refractivity (Wildman–Crippen MR) is 81.8 cm³/mol. The molecule has 5 heteroatoms. The minimum absolute atomic E-state index is 0.0499. The Hall–Kier alpha value is -1.49. The Kier molecular flexibility index (Phi) is 5.06. The second-order valence-electron chi connectivity index (χ2n) is 4.84. The summed E-state index contributed by atoms with van der Waals surface area (Å²) in [6.45, 7) is 3.04. The Labute approximate surface area is 123 Å². The van der Waals surface area contributed by atoms with E-state index in [9.17, 15) is 9.59 Å². The Morgan fingerprint density at radius 1 is 1.40 bits per heavy atom. The standard InChI is InChI=1S/C15H20N2O2S/c1-3-13-14(18)16-8-9-17(13)15(19)12-6-4-11(5-7-12)10-20-2/h4-7,13H,3,8-10H2,1-2H3,(H,16,18). The molecule has 108 valence electrons. The van der Waals surface area contributed by atoms with E-state index >= 15 is 0 Å². The van der Waals surface area contributed by atoms with Crippen molar-refractivity contribution < 1.29 is 9.59 Å². The van der Waals surface area contributed by atoms with Crippen molar-refractivity contribution in [3.05, 3.63) is 35.4 Å². The molecule has 0 saturated carbocycles. The quantitative estimate of drug-likeness (QED) is 0.922. The summed E-state index contributed by atoms with van der Waals surface area (Å²) in [5.41, 5.74) is 1.86. The Morgan fingerprint density at radius 2 is 2.10 bits per heavy atom. The molecule has 2 amide bonds. The van der Waals surface area contributed by atoms with Gasteiger partial charge >= 0.3 is 0 Å². The number of hydrogen-bond acceptors (Lipinski definition) is 3. The monoisotopic (exact) mass is 292 g/mol. The van der Waals surface area contributed by atoms with Gasteiger partial charge in [0.15, 0.2) is 0 Å². The molecule has 1 aliphatic rings. The van der Waals surface area contributed by atoms with Crippen molar-refractivity contribution in [2.45, 2.75) is 25.1 Å². The number of nitrogens with one attached hydrogen (secondary N) is 1. The third kappa shape index (κ3) is 3.15. The molecule has 1 heterocycles. The van der Waals surface area contributed by atoms with Crippen LogP contribution in [0.2, 0.25) is 0 Å². The maximum atomic E-state index is 12.5. The van der Waals surface area contributed by atoms with E-state index in [-0.39, 0.29) is 17.9 Å². The van der Waals surface area contributed by atoms with Crippen LogP contribution in [-0.2, 0) is 10.5 Å². The van der Waals surface area contributed by atoms with Gasteiger partial charge in [-0.05, 0) is 30.4 Å². The number of benzene rings is 1. The van der Waals surface area contributed by atoms with Crippen LogP contribution < -0.4 is 5.32 Å². The molecule has 1 aliphatic heterocycles. The fourth-order valence-electron chi connectivity index (χ4n) is 2.44. The molecule has 4 nitrogen and oxygen atoms in total. The van der Waals surface area contributed by atoms with Crippen molar-refractivity contribution in [2.75, 3.05) is 19.3 Å². The zero-order chi connectivity index (χ0) is 14.5. The van der Waals surface area contributed by atoms with Gasteiger partial charge in [-0.1, -0.05) is 19.1 Å². The fraction of sp³-hybridized carbons (Fsp3) is 0.467. The van der Waals surface area contributed by atoms with Crippen molar-refractivity contribution in [1.82, 2.24) is 10.2 Å². The lowest BCUT2D eigenvalue weighted by Gasteiger charge is -2.34. The molecule has 1 saturated heterocycles. The maximum Gasteiger partial charge on any atom is 0.254 e. The minimum atomic E-state index is -0.345. The van der Waals surface area contributed by atoms with Crippen molar-refractivity contribution in [3.63, 3.8) is 0 Å². The van der Waals surface area contributed by atoms with Crippen LogP contribution in [0.5, 0.6) is 0 Å². The van der Waals surface area contributed by atoms with Crippen molar-refractivity contribution in [2.24, 2.45) is 0 Å². The van der Waals surface area contributed by atoms with E-state index in [0.717, 1.165) is 5.75 Å². The zero-order valence-corrected chi connectivity index (χ0v) is 12.7. The normalized spacial score (nSPS) is 18.8. The van der Waals surface area contributed by atoms with Gasteiger partial charge in [0.25, 0.3) is 5.91 Å². The molecule has 20 heavy (non-hydrogen) atoms. The van der Waals surface area contributed by atoms with Crippen LogP contribution in [0.1, 0.15) is 29.3 Å². The average molecular weight is 292 g/mol. The van der Waals surface area contributed by atoms with Gasteiger partial charge < -0.3 is 10.2 Å². The number of carbonyl (C=O) groups is 2. The van der Waals surface area contributed by atoms with Crippen molar-refractivity contribution in [1.29, 1.82) is 0 Å². The van der Waals surface area contributed by atoms with Crippen LogP contribution in [0.25, 0.3) is 0 Å². The lowest BCUT2D eigenvalue weighted by molar-refractivity contribution is -0.127. The molecular formula is C15H20N2O2S. The number of rotatable bonds is 4. The molecule has 1 N–H and O–H groups in total. The molecule has 0 bridgehead atoms. The van der Waals surface area contributed by atoms with Crippen LogP contribution in [0.4, 0.5) is 0 Å². The van der Waals surface area contributed by atoms with Gasteiger partial charge in [-0.25, -0.2) is 0 Å². The van der Waals surface area contributed by atoms with Crippen LogP contribution in [0.3, 0.4) is 0 Å². The molecule has 1 fully saturated rings. The van der Waals surface area contributed by atoms with E-state index in [0.29, 0.717) is 25.1 Å². The van der Waals surface area contributed by atoms with Gasteiger partial charge in [0.1, 0.15) is 6.04 Å². The first-order chi connectivity index (χ1) is 9.67. The summed E-state index contributed by atoms with van der Waals surface area (Å²) in [6, 6.07) is 7.33. The van der Waals surface area contributed by atoms with E-state index in [1.54, 1.807) is 16.7 Å². The van der Waals surface area contributed by atoms with Crippen LogP contribution in [0, 0.1) is 0 Å². The number of hydrogen-bond donors (Lipinski definition) is 1. The summed E-state index contributed by atoms with van der Waals surface area (Å²) in [6.07, 6.45) is 2.69. The highest BCUT2D eigenvalue weighted by Gasteiger charge is 2.31. The van der Waals surface area contributed by atoms with Gasteiger partial charge in [0.05, 0.1) is 0 Å². The molecule has 1 atom stereocenters. The van der Waals surface area contributed by atoms with E-state index in [2.05, 4.69) is 11.6 Å². The average Bonchev–Trinajstić information content (AvgIpc) is 2.47. The minimum Gasteiger partial charge on any atom is -0.353 e. The van der Waals surface area contributed by atoms with Gasteiger partial charge in [0.2, 0.25) is 5.91 Å². The number of thioether (sulfide) groups is 1. The smallest absolute Gasteiger partial charge is 0.254 e. The summed E-state index contributed by atoms with van der Waals surface area (Å²) in [4.78, 5) is 26.0. The second kappa shape index (κ2) is 6.79. The number of amides is 2. The molecule has 0 spiro atoms. The van der Waals surface area contributed by atoms with Crippen molar-refractivity contribution in [3.8, 4) is 0 Å². The summed E-state index contributed by atoms with van der Waals surface area (Å²) in [7, 11) is 0. The second-order valence-corrected chi connectivity index (χ2v) is 5.71. The molecule has 1 aromatic carbocycles. The predicted octanol–water partition coefficient (Wildman–Crippen LogP) is 1.90. The first-order valence-corrected chi connectivity index (χ1v) is 8.23. The van der Waals surface area contributed by atoms with Gasteiger partial charge in [-0.15, -0.1) is 0 Å². The summed E-state index contributed by atoms with van der Waals surface area (Å²) < 4.78 is 0. The highest BCUT2D eigenvalue weighted by atomic mass is 32.2. The first kappa shape index (κ1) is 14.9. The summed E-state index contributed by atoms with van der Waals surface area (Å²) >= 11 is 1.75. The third-order valence-electron chi connectivity index (χ3n) is 3.49. The summed E-state index contributed by atoms with van der Waals surface area (Å²) in [5.74, 6) is 0.839. The van der Waals surface area contributed by atoms with Gasteiger partial charge in [-0.2, -0.15) is 11.8 Å². The largest absolute Gasteiger partial charge is 0.353 e. The molecule has 0 aliphatic carbocycles. The SMILES string of the molecule is CCC1C(=O)NCCN1C(=O)c1ccc(CSC)cc1. The lowest BCUT2D eigenvalue weighted by atomic mass is 10.1. The molecule has 0 aromatic heterocycles. The fourth-order valence-corrected chi connectivity index (χ4v) is 2.97. The highest BCUT2D eigenvalue weighted by Crippen LogP contribution is 2.16. The van der Waals surface area contributed by atoms with Crippen LogP contribution in [-0.4, -0.2) is 42.1 Å². The molecular weight excluding hydrogens is 272 g/mol. The molecule has 0 radical (unpaired) electrons. The molecule has 1 aromatic rings.